The zero-order chi connectivity index (χ0) is 34.6. The first-order chi connectivity index (χ1) is 26.2. The second-order valence-electron chi connectivity index (χ2n) is 14.1. The number of hydrogen-bond acceptors (Lipinski definition) is 3. The molecule has 0 bridgehead atoms. The highest BCUT2D eigenvalue weighted by Crippen LogP contribution is 2.43. The van der Waals surface area contributed by atoms with Gasteiger partial charge in [-0.3, -0.25) is 0 Å². The van der Waals surface area contributed by atoms with E-state index in [0.29, 0.717) is 0 Å². The van der Waals surface area contributed by atoms with Crippen LogP contribution in [0.4, 0.5) is 17.1 Å². The molecule has 3 nitrogen and oxygen atoms in total. The number of fused-ring (bicyclic) bond motifs is 14. The number of nitrogens with zero attached hydrogens (tertiary/aromatic N) is 1. The highest BCUT2D eigenvalue weighted by Gasteiger charge is 2.18. The third-order valence-corrected chi connectivity index (χ3v) is 11.2. The minimum absolute atomic E-state index is 0.884. The monoisotopic (exact) mass is 675 g/mol. The van der Waals surface area contributed by atoms with Gasteiger partial charge in [0.1, 0.15) is 22.3 Å². The van der Waals surface area contributed by atoms with Gasteiger partial charge < -0.3 is 13.7 Å². The topological polar surface area (TPSA) is 29.5 Å². The predicted octanol–water partition coefficient (Wildman–Crippen LogP) is 14.7. The number of para-hydroxylation sites is 2. The molecule has 2 heterocycles. The van der Waals surface area contributed by atoms with E-state index in [1.165, 1.54) is 53.9 Å². The SMILES string of the molecule is c1ccc2c(c1)ccc1c3ccc(N(c4ccc5c(ccc6cc7oc8ccccc8c7cc65)c4)c4ccc5oc6ccccc6c5c4)cc3ccc21. The lowest BCUT2D eigenvalue weighted by Gasteiger charge is -2.26. The van der Waals surface area contributed by atoms with Gasteiger partial charge in [0, 0.05) is 38.6 Å². The van der Waals surface area contributed by atoms with Crippen LogP contribution in [0.25, 0.3) is 97.7 Å². The van der Waals surface area contributed by atoms with Crippen LogP contribution < -0.4 is 4.90 Å². The average molecular weight is 676 g/mol. The van der Waals surface area contributed by atoms with Gasteiger partial charge in [-0.1, -0.05) is 109 Å². The molecule has 12 rings (SSSR count). The minimum atomic E-state index is 0.884. The molecule has 3 heteroatoms. The Hall–Kier alpha value is -7.10. The van der Waals surface area contributed by atoms with Crippen molar-refractivity contribution in [2.45, 2.75) is 0 Å². The summed E-state index contributed by atoms with van der Waals surface area (Å²) in [6, 6.07) is 63.5. The highest BCUT2D eigenvalue weighted by molar-refractivity contribution is 6.19. The van der Waals surface area contributed by atoms with E-state index >= 15 is 0 Å². The second kappa shape index (κ2) is 10.7. The summed E-state index contributed by atoms with van der Waals surface area (Å²) in [5.74, 6) is 0. The molecular weight excluding hydrogens is 647 g/mol. The van der Waals surface area contributed by atoms with Gasteiger partial charge in [0.25, 0.3) is 0 Å². The van der Waals surface area contributed by atoms with Crippen molar-refractivity contribution < 1.29 is 8.83 Å². The van der Waals surface area contributed by atoms with E-state index in [2.05, 4.69) is 157 Å². The summed E-state index contributed by atoms with van der Waals surface area (Å²) >= 11 is 0. The van der Waals surface area contributed by atoms with Gasteiger partial charge in [-0.2, -0.15) is 0 Å². The van der Waals surface area contributed by atoms with Crippen molar-refractivity contribution in [3.05, 3.63) is 176 Å². The van der Waals surface area contributed by atoms with Crippen molar-refractivity contribution in [1.82, 2.24) is 0 Å². The maximum absolute atomic E-state index is 6.25. The molecule has 0 amide bonds. The maximum atomic E-state index is 6.25. The fourth-order valence-electron chi connectivity index (χ4n) is 8.67. The molecule has 0 aliphatic rings. The van der Waals surface area contributed by atoms with E-state index in [0.717, 1.165) is 60.9 Å². The summed E-state index contributed by atoms with van der Waals surface area (Å²) in [4.78, 5) is 2.38. The molecule has 53 heavy (non-hydrogen) atoms. The van der Waals surface area contributed by atoms with Crippen LogP contribution in [0.1, 0.15) is 0 Å². The lowest BCUT2D eigenvalue weighted by molar-refractivity contribution is 0.668. The number of rotatable bonds is 3. The van der Waals surface area contributed by atoms with Crippen LogP contribution in [-0.2, 0) is 0 Å². The number of hydrogen-bond donors (Lipinski definition) is 0. The summed E-state index contributed by atoms with van der Waals surface area (Å²) in [5.41, 5.74) is 6.87. The molecular formula is C50H29NO2. The predicted molar refractivity (Wildman–Crippen MR) is 223 cm³/mol. The van der Waals surface area contributed by atoms with Gasteiger partial charge in [0.2, 0.25) is 0 Å². The Morgan fingerprint density at radius 1 is 0.245 bits per heavy atom. The Morgan fingerprint density at radius 3 is 1.42 bits per heavy atom. The van der Waals surface area contributed by atoms with Gasteiger partial charge >= 0.3 is 0 Å². The van der Waals surface area contributed by atoms with Crippen molar-refractivity contribution in [1.29, 1.82) is 0 Å². The van der Waals surface area contributed by atoms with Crippen LogP contribution in [0, 0.1) is 0 Å². The summed E-state index contributed by atoms with van der Waals surface area (Å²) in [6.07, 6.45) is 0. The van der Waals surface area contributed by atoms with Crippen LogP contribution in [0.3, 0.4) is 0 Å². The molecule has 0 radical (unpaired) electrons. The standard InChI is InChI=1S/C50H29NO2/c1-2-8-37-30(7-1)15-20-41-38-22-17-34(26-32(38)16-21-40(37)41)51(36-19-24-49-45(28-36)42-9-3-5-11-47(42)52-49)35-18-23-39-31(25-35)13-14-33-27-50-46(29-44(33)39)43-10-4-6-12-48(43)53-50/h1-29H. The van der Waals surface area contributed by atoms with Crippen molar-refractivity contribution in [2.24, 2.45) is 0 Å². The molecule has 0 saturated carbocycles. The molecule has 12 aromatic rings. The molecule has 0 atom stereocenters. The molecule has 0 saturated heterocycles. The Bertz CT molecular complexity index is 3480. The smallest absolute Gasteiger partial charge is 0.136 e. The Labute approximate surface area is 303 Å². The molecule has 0 unspecified atom stereocenters. The summed E-state index contributed by atoms with van der Waals surface area (Å²) < 4.78 is 12.5. The third-order valence-electron chi connectivity index (χ3n) is 11.2. The van der Waals surface area contributed by atoms with Crippen LogP contribution in [0.2, 0.25) is 0 Å². The van der Waals surface area contributed by atoms with E-state index in [-0.39, 0.29) is 0 Å². The van der Waals surface area contributed by atoms with Crippen LogP contribution in [-0.4, -0.2) is 0 Å². The van der Waals surface area contributed by atoms with Crippen molar-refractivity contribution in [3.8, 4) is 0 Å². The largest absolute Gasteiger partial charge is 0.456 e. The van der Waals surface area contributed by atoms with Crippen molar-refractivity contribution >= 4 is 115 Å². The fraction of sp³-hybridized carbons (Fsp3) is 0. The molecule has 0 aliphatic heterocycles. The van der Waals surface area contributed by atoms with Gasteiger partial charge in [-0.05, 0) is 121 Å². The zero-order valence-corrected chi connectivity index (χ0v) is 28.5. The number of furan rings is 2. The molecule has 2 aromatic heterocycles. The van der Waals surface area contributed by atoms with E-state index in [4.69, 9.17) is 8.83 Å². The Morgan fingerprint density at radius 2 is 0.698 bits per heavy atom. The lowest BCUT2D eigenvalue weighted by atomic mass is 9.96. The van der Waals surface area contributed by atoms with Gasteiger partial charge in [-0.25, -0.2) is 0 Å². The highest BCUT2D eigenvalue weighted by atomic mass is 16.3. The molecule has 246 valence electrons. The third kappa shape index (κ3) is 4.22. The number of benzene rings is 10. The molecule has 10 aromatic carbocycles. The van der Waals surface area contributed by atoms with E-state index < -0.39 is 0 Å². The zero-order valence-electron chi connectivity index (χ0n) is 28.5. The summed E-state index contributed by atoms with van der Waals surface area (Å²) in [7, 11) is 0. The van der Waals surface area contributed by atoms with E-state index in [1.807, 2.05) is 24.3 Å². The van der Waals surface area contributed by atoms with Gasteiger partial charge in [-0.15, -0.1) is 0 Å². The lowest BCUT2D eigenvalue weighted by Crippen LogP contribution is -2.10. The fourth-order valence-corrected chi connectivity index (χ4v) is 8.67. The van der Waals surface area contributed by atoms with Crippen molar-refractivity contribution in [2.75, 3.05) is 4.90 Å². The molecule has 0 aliphatic carbocycles. The quantitative estimate of drug-likeness (QED) is 0.175. The van der Waals surface area contributed by atoms with E-state index in [1.54, 1.807) is 0 Å². The van der Waals surface area contributed by atoms with Crippen LogP contribution in [0.5, 0.6) is 0 Å². The van der Waals surface area contributed by atoms with Gasteiger partial charge in [0.15, 0.2) is 0 Å². The minimum Gasteiger partial charge on any atom is -0.456 e. The van der Waals surface area contributed by atoms with Crippen LogP contribution >= 0.6 is 0 Å². The Balaban J connectivity index is 1.07. The first kappa shape index (κ1) is 28.6. The molecule has 0 spiro atoms. The maximum Gasteiger partial charge on any atom is 0.136 e. The average Bonchev–Trinajstić information content (AvgIpc) is 3.77. The van der Waals surface area contributed by atoms with Crippen LogP contribution in [0.15, 0.2) is 185 Å². The summed E-state index contributed by atoms with van der Waals surface area (Å²) in [5, 5.41) is 16.8. The first-order valence-electron chi connectivity index (χ1n) is 18.1. The first-order valence-corrected chi connectivity index (χ1v) is 18.1. The Kier molecular flexibility index (Phi) is 5.77. The second-order valence-corrected chi connectivity index (χ2v) is 14.1. The summed E-state index contributed by atoms with van der Waals surface area (Å²) in [6.45, 7) is 0. The number of anilines is 3. The van der Waals surface area contributed by atoms with Gasteiger partial charge in [0.05, 0.1) is 0 Å². The molecule has 0 fully saturated rings. The van der Waals surface area contributed by atoms with E-state index in [9.17, 15) is 0 Å². The van der Waals surface area contributed by atoms with Crippen molar-refractivity contribution in [3.63, 3.8) is 0 Å². The molecule has 0 N–H and O–H groups in total. The normalized spacial score (nSPS) is 12.2.